The molecular weight excluding hydrogens is 231 g/mol. The lowest BCUT2D eigenvalue weighted by atomic mass is 10.1. The number of alkyl halides is 1. The van der Waals surface area contributed by atoms with Gasteiger partial charge in [0, 0.05) is 12.2 Å². The number of hydrogen-bond acceptors (Lipinski definition) is 3. The minimum atomic E-state index is -0.210. The van der Waals surface area contributed by atoms with E-state index in [0.717, 1.165) is 18.7 Å². The van der Waals surface area contributed by atoms with Crippen LogP contribution in [0.2, 0.25) is 0 Å². The zero-order valence-corrected chi connectivity index (χ0v) is 10.4. The molecule has 1 aliphatic heterocycles. The summed E-state index contributed by atoms with van der Waals surface area (Å²) in [5.41, 5.74) is 1.20. The van der Waals surface area contributed by atoms with E-state index in [1.54, 1.807) is 6.20 Å². The SMILES string of the molecule is FCC[C@@H]1CC1c1cncc(OC[C@@H]2CCN2)c1. The molecule has 2 heterocycles. The molecule has 2 fully saturated rings. The Labute approximate surface area is 107 Å². The number of ether oxygens (including phenoxy) is 1. The predicted molar refractivity (Wildman–Crippen MR) is 67.6 cm³/mol. The predicted octanol–water partition coefficient (Wildman–Crippen LogP) is 2.29. The molecular formula is C14H19FN2O. The summed E-state index contributed by atoms with van der Waals surface area (Å²) in [7, 11) is 0. The Balaban J connectivity index is 1.55. The van der Waals surface area contributed by atoms with Crippen molar-refractivity contribution in [2.24, 2.45) is 5.92 Å². The van der Waals surface area contributed by atoms with Crippen LogP contribution in [0, 0.1) is 5.92 Å². The van der Waals surface area contributed by atoms with E-state index in [1.807, 2.05) is 6.20 Å². The Hall–Kier alpha value is -1.16. The minimum Gasteiger partial charge on any atom is -0.490 e. The molecule has 1 aromatic heterocycles. The summed E-state index contributed by atoms with van der Waals surface area (Å²) in [5.74, 6) is 1.85. The summed E-state index contributed by atoms with van der Waals surface area (Å²) in [5, 5.41) is 3.30. The molecule has 0 radical (unpaired) electrons. The second-order valence-electron chi connectivity index (χ2n) is 5.28. The fourth-order valence-electron chi connectivity index (χ4n) is 2.52. The van der Waals surface area contributed by atoms with Crippen molar-refractivity contribution in [3.8, 4) is 5.75 Å². The van der Waals surface area contributed by atoms with Gasteiger partial charge in [0.2, 0.25) is 0 Å². The maximum Gasteiger partial charge on any atom is 0.137 e. The van der Waals surface area contributed by atoms with E-state index < -0.39 is 0 Å². The highest BCUT2D eigenvalue weighted by atomic mass is 19.1. The molecule has 3 nitrogen and oxygen atoms in total. The van der Waals surface area contributed by atoms with Gasteiger partial charge in [-0.05, 0) is 49.3 Å². The van der Waals surface area contributed by atoms with Crippen LogP contribution >= 0.6 is 0 Å². The van der Waals surface area contributed by atoms with E-state index in [9.17, 15) is 4.39 Å². The van der Waals surface area contributed by atoms with Crippen molar-refractivity contribution in [3.63, 3.8) is 0 Å². The summed E-state index contributed by atoms with van der Waals surface area (Å²) < 4.78 is 18.0. The summed E-state index contributed by atoms with van der Waals surface area (Å²) in [6.07, 6.45) is 6.61. The Kier molecular flexibility index (Phi) is 3.46. The average Bonchev–Trinajstić information content (AvgIpc) is 3.07. The molecule has 1 saturated carbocycles. The summed E-state index contributed by atoms with van der Waals surface area (Å²) in [6, 6.07) is 2.56. The highest BCUT2D eigenvalue weighted by molar-refractivity contribution is 5.30. The first-order chi connectivity index (χ1) is 8.86. The smallest absolute Gasteiger partial charge is 0.137 e. The molecule has 1 aromatic rings. The summed E-state index contributed by atoms with van der Waals surface area (Å²) >= 11 is 0. The van der Waals surface area contributed by atoms with E-state index in [2.05, 4.69) is 16.4 Å². The van der Waals surface area contributed by atoms with E-state index >= 15 is 0 Å². The number of nitrogens with zero attached hydrogens (tertiary/aromatic N) is 1. The zero-order valence-electron chi connectivity index (χ0n) is 10.4. The van der Waals surface area contributed by atoms with Crippen LogP contribution in [-0.4, -0.2) is 30.9 Å². The molecule has 1 N–H and O–H groups in total. The van der Waals surface area contributed by atoms with Crippen LogP contribution in [0.4, 0.5) is 4.39 Å². The number of nitrogens with one attached hydrogen (secondary N) is 1. The van der Waals surface area contributed by atoms with Gasteiger partial charge in [0.15, 0.2) is 0 Å². The number of hydrogen-bond donors (Lipinski definition) is 1. The van der Waals surface area contributed by atoms with Crippen LogP contribution in [0.5, 0.6) is 5.75 Å². The molecule has 18 heavy (non-hydrogen) atoms. The third-order valence-electron chi connectivity index (χ3n) is 3.94. The van der Waals surface area contributed by atoms with Crippen LogP contribution in [0.25, 0.3) is 0 Å². The van der Waals surface area contributed by atoms with Gasteiger partial charge in [0.1, 0.15) is 12.4 Å². The summed E-state index contributed by atoms with van der Waals surface area (Å²) in [4.78, 5) is 4.22. The first-order valence-electron chi connectivity index (χ1n) is 6.74. The topological polar surface area (TPSA) is 34.1 Å². The van der Waals surface area contributed by atoms with Crippen molar-refractivity contribution in [1.82, 2.24) is 10.3 Å². The molecule has 1 aliphatic carbocycles. The van der Waals surface area contributed by atoms with Crippen molar-refractivity contribution >= 4 is 0 Å². The molecule has 1 unspecified atom stereocenters. The van der Waals surface area contributed by atoms with Crippen LogP contribution in [0.3, 0.4) is 0 Å². The van der Waals surface area contributed by atoms with Gasteiger partial charge in [-0.15, -0.1) is 0 Å². The highest BCUT2D eigenvalue weighted by Crippen LogP contribution is 2.49. The van der Waals surface area contributed by atoms with E-state index in [1.165, 1.54) is 12.0 Å². The van der Waals surface area contributed by atoms with Crippen molar-refractivity contribution in [2.45, 2.75) is 31.2 Å². The van der Waals surface area contributed by atoms with Gasteiger partial charge in [-0.25, -0.2) is 0 Å². The van der Waals surface area contributed by atoms with E-state index in [4.69, 9.17) is 4.74 Å². The molecule has 4 heteroatoms. The number of aromatic nitrogens is 1. The molecule has 3 rings (SSSR count). The van der Waals surface area contributed by atoms with Gasteiger partial charge in [0.05, 0.1) is 12.9 Å². The van der Waals surface area contributed by atoms with Crippen molar-refractivity contribution in [1.29, 1.82) is 0 Å². The normalized spacial score (nSPS) is 29.7. The number of halogens is 1. The van der Waals surface area contributed by atoms with Crippen LogP contribution in [0.15, 0.2) is 18.5 Å². The first-order valence-corrected chi connectivity index (χ1v) is 6.74. The van der Waals surface area contributed by atoms with Gasteiger partial charge >= 0.3 is 0 Å². The molecule has 0 bridgehead atoms. The van der Waals surface area contributed by atoms with Gasteiger partial charge in [-0.3, -0.25) is 9.37 Å². The lowest BCUT2D eigenvalue weighted by Gasteiger charge is -2.27. The molecule has 1 saturated heterocycles. The van der Waals surface area contributed by atoms with Crippen molar-refractivity contribution in [3.05, 3.63) is 24.0 Å². The number of rotatable bonds is 6. The van der Waals surface area contributed by atoms with E-state index in [-0.39, 0.29) is 6.67 Å². The quantitative estimate of drug-likeness (QED) is 0.841. The summed E-state index contributed by atoms with van der Waals surface area (Å²) in [6.45, 7) is 1.60. The molecule has 0 aromatic carbocycles. The maximum atomic E-state index is 12.3. The van der Waals surface area contributed by atoms with Crippen LogP contribution in [-0.2, 0) is 0 Å². The number of pyridine rings is 1. The fourth-order valence-corrected chi connectivity index (χ4v) is 2.52. The standard InChI is InChI=1S/C14H19FN2O/c15-3-1-10-6-14(10)11-5-13(8-16-7-11)18-9-12-2-4-17-12/h5,7-8,10,12,14,17H,1-4,6,9H2/t10-,12+,14?/m1/s1. The largest absolute Gasteiger partial charge is 0.490 e. The molecule has 98 valence electrons. The Bertz CT molecular complexity index is 409. The average molecular weight is 250 g/mol. The Morgan fingerprint density at radius 1 is 1.44 bits per heavy atom. The second-order valence-corrected chi connectivity index (χ2v) is 5.28. The Morgan fingerprint density at radius 2 is 2.33 bits per heavy atom. The lowest BCUT2D eigenvalue weighted by Crippen LogP contribution is -2.46. The second kappa shape index (κ2) is 5.22. The van der Waals surface area contributed by atoms with Crippen molar-refractivity contribution in [2.75, 3.05) is 19.8 Å². The Morgan fingerprint density at radius 3 is 3.06 bits per heavy atom. The van der Waals surface area contributed by atoms with E-state index in [0.29, 0.717) is 30.9 Å². The lowest BCUT2D eigenvalue weighted by molar-refractivity contribution is 0.217. The van der Waals surface area contributed by atoms with Gasteiger partial charge in [0.25, 0.3) is 0 Å². The molecule has 0 spiro atoms. The van der Waals surface area contributed by atoms with Gasteiger partial charge in [-0.2, -0.15) is 0 Å². The molecule has 0 amide bonds. The molecule has 2 aliphatic rings. The highest BCUT2D eigenvalue weighted by Gasteiger charge is 2.38. The monoisotopic (exact) mass is 250 g/mol. The van der Waals surface area contributed by atoms with Crippen LogP contribution < -0.4 is 10.1 Å². The van der Waals surface area contributed by atoms with Gasteiger partial charge in [-0.1, -0.05) is 0 Å². The first kappa shape index (κ1) is 11.9. The van der Waals surface area contributed by atoms with Crippen LogP contribution in [0.1, 0.15) is 30.7 Å². The zero-order chi connectivity index (χ0) is 12.4. The van der Waals surface area contributed by atoms with Crippen molar-refractivity contribution < 1.29 is 9.13 Å². The third-order valence-corrected chi connectivity index (χ3v) is 3.94. The molecule has 3 atom stereocenters. The third kappa shape index (κ3) is 2.64. The minimum absolute atomic E-state index is 0.210. The van der Waals surface area contributed by atoms with Gasteiger partial charge < -0.3 is 10.1 Å². The fraction of sp³-hybridized carbons (Fsp3) is 0.643. The maximum absolute atomic E-state index is 12.3.